The fourth-order valence-electron chi connectivity index (χ4n) is 4.36. The Labute approximate surface area is 196 Å². The molecule has 0 amide bonds. The van der Waals surface area contributed by atoms with Gasteiger partial charge >= 0.3 is 0 Å². The lowest BCUT2D eigenvalue weighted by atomic mass is 10.0. The van der Waals surface area contributed by atoms with Crippen LogP contribution >= 0.6 is 0 Å². The van der Waals surface area contributed by atoms with Gasteiger partial charge in [-0.1, -0.05) is 12.1 Å². The van der Waals surface area contributed by atoms with Crippen molar-refractivity contribution >= 4 is 22.4 Å². The number of anilines is 2. The molecule has 0 spiro atoms. The van der Waals surface area contributed by atoms with E-state index in [1.807, 2.05) is 12.1 Å². The van der Waals surface area contributed by atoms with Gasteiger partial charge in [-0.15, -0.1) is 6.58 Å². The second-order valence-corrected chi connectivity index (χ2v) is 8.98. The van der Waals surface area contributed by atoms with E-state index in [-0.39, 0.29) is 5.56 Å². The quantitative estimate of drug-likeness (QED) is 0.420. The van der Waals surface area contributed by atoms with Gasteiger partial charge in [0, 0.05) is 30.7 Å². The molecular formula is C26H27FN6O. The van der Waals surface area contributed by atoms with E-state index in [4.69, 9.17) is 0 Å². The number of aromatic nitrogens is 4. The second-order valence-electron chi connectivity index (χ2n) is 8.98. The van der Waals surface area contributed by atoms with Gasteiger partial charge in [0.05, 0.1) is 28.8 Å². The van der Waals surface area contributed by atoms with Crippen molar-refractivity contribution in [3.8, 4) is 5.69 Å². The van der Waals surface area contributed by atoms with Crippen LogP contribution in [0.4, 0.5) is 15.9 Å². The molecule has 7 nitrogen and oxygen atoms in total. The first-order valence-corrected chi connectivity index (χ1v) is 11.3. The summed E-state index contributed by atoms with van der Waals surface area (Å²) in [7, 11) is 0. The van der Waals surface area contributed by atoms with Gasteiger partial charge in [-0.25, -0.2) is 18.7 Å². The molecule has 1 aliphatic heterocycles. The molecule has 34 heavy (non-hydrogen) atoms. The number of hydrogen-bond donors (Lipinski definition) is 2. The number of alkyl halides is 1. The molecule has 3 aromatic heterocycles. The van der Waals surface area contributed by atoms with Crippen molar-refractivity contribution in [1.29, 1.82) is 0 Å². The molecule has 5 rings (SSSR count). The molecule has 0 aliphatic carbocycles. The Hall–Kier alpha value is -3.78. The molecule has 1 aliphatic rings. The van der Waals surface area contributed by atoms with Gasteiger partial charge in [0.25, 0.3) is 5.56 Å². The molecule has 0 atom stereocenters. The summed E-state index contributed by atoms with van der Waals surface area (Å²) in [4.78, 5) is 21.8. The summed E-state index contributed by atoms with van der Waals surface area (Å²) in [5, 5.41) is 7.23. The van der Waals surface area contributed by atoms with Gasteiger partial charge in [0.15, 0.2) is 0 Å². The number of benzene rings is 1. The number of pyridine rings is 2. The van der Waals surface area contributed by atoms with Crippen molar-refractivity contribution in [2.45, 2.75) is 39.0 Å². The molecule has 0 saturated heterocycles. The highest BCUT2D eigenvalue weighted by Crippen LogP contribution is 2.27. The van der Waals surface area contributed by atoms with Crippen LogP contribution < -0.4 is 16.2 Å². The Morgan fingerprint density at radius 1 is 1.21 bits per heavy atom. The van der Waals surface area contributed by atoms with Crippen molar-refractivity contribution < 1.29 is 4.39 Å². The van der Waals surface area contributed by atoms with Crippen molar-refractivity contribution in [3.05, 3.63) is 88.6 Å². The van der Waals surface area contributed by atoms with Gasteiger partial charge in [0.1, 0.15) is 11.5 Å². The van der Waals surface area contributed by atoms with E-state index in [1.54, 1.807) is 40.0 Å². The minimum atomic E-state index is -1.61. The number of nitrogens with zero attached hydrogens (tertiary/aromatic N) is 4. The SMILES string of the molecule is C=CCn1c(=O)c2cnc(Nc3ccc4c(c3)CNCC4)cc2n1-c1ccnc(C(C)(C)F)c1. The van der Waals surface area contributed by atoms with Crippen molar-refractivity contribution in [3.63, 3.8) is 0 Å². The van der Waals surface area contributed by atoms with Gasteiger partial charge < -0.3 is 10.6 Å². The predicted octanol–water partition coefficient (Wildman–Crippen LogP) is 4.36. The Bertz CT molecular complexity index is 1450. The smallest absolute Gasteiger partial charge is 0.276 e. The van der Waals surface area contributed by atoms with E-state index >= 15 is 0 Å². The average molecular weight is 459 g/mol. The van der Waals surface area contributed by atoms with Crippen molar-refractivity contribution in [2.75, 3.05) is 11.9 Å². The monoisotopic (exact) mass is 458 g/mol. The highest BCUT2D eigenvalue weighted by Gasteiger charge is 2.22. The maximum atomic E-state index is 14.6. The number of rotatable bonds is 6. The van der Waals surface area contributed by atoms with Crippen molar-refractivity contribution in [1.82, 2.24) is 24.6 Å². The molecule has 0 bridgehead atoms. The summed E-state index contributed by atoms with van der Waals surface area (Å²) < 4.78 is 18.0. The first-order chi connectivity index (χ1) is 16.3. The van der Waals surface area contributed by atoms with Crippen LogP contribution in [-0.2, 0) is 25.2 Å². The predicted molar refractivity (Wildman–Crippen MR) is 133 cm³/mol. The summed E-state index contributed by atoms with van der Waals surface area (Å²) in [6.07, 6.45) is 5.82. The number of halogens is 1. The molecular weight excluding hydrogens is 431 g/mol. The van der Waals surface area contributed by atoms with Gasteiger partial charge in [0.2, 0.25) is 0 Å². The maximum Gasteiger partial charge on any atom is 0.276 e. The zero-order chi connectivity index (χ0) is 23.9. The molecule has 4 aromatic rings. The summed E-state index contributed by atoms with van der Waals surface area (Å²) in [5.41, 5.74) is 3.35. The van der Waals surface area contributed by atoms with E-state index in [0.717, 1.165) is 25.2 Å². The summed E-state index contributed by atoms with van der Waals surface area (Å²) in [5.74, 6) is 0.612. The van der Waals surface area contributed by atoms with Crippen LogP contribution in [0.2, 0.25) is 0 Å². The minimum Gasteiger partial charge on any atom is -0.340 e. The first kappa shape index (κ1) is 22.0. The highest BCUT2D eigenvalue weighted by atomic mass is 19.1. The molecule has 0 unspecified atom stereocenters. The largest absolute Gasteiger partial charge is 0.340 e. The van der Waals surface area contributed by atoms with Crippen LogP contribution in [0.25, 0.3) is 16.6 Å². The summed E-state index contributed by atoms with van der Waals surface area (Å²) in [6.45, 7) is 8.85. The lowest BCUT2D eigenvalue weighted by Gasteiger charge is -2.18. The number of hydrogen-bond acceptors (Lipinski definition) is 5. The van der Waals surface area contributed by atoms with Crippen LogP contribution in [0.3, 0.4) is 0 Å². The molecule has 0 fully saturated rings. The van der Waals surface area contributed by atoms with E-state index in [1.165, 1.54) is 25.0 Å². The number of fused-ring (bicyclic) bond motifs is 2. The second kappa shape index (κ2) is 8.53. The Morgan fingerprint density at radius 3 is 2.85 bits per heavy atom. The van der Waals surface area contributed by atoms with Crippen LogP contribution in [-0.4, -0.2) is 25.9 Å². The third-order valence-corrected chi connectivity index (χ3v) is 6.08. The molecule has 2 N–H and O–H groups in total. The van der Waals surface area contributed by atoms with Crippen LogP contribution in [0, 0.1) is 0 Å². The molecule has 8 heteroatoms. The molecule has 1 aromatic carbocycles. The van der Waals surface area contributed by atoms with E-state index in [2.05, 4.69) is 39.3 Å². The van der Waals surface area contributed by atoms with Gasteiger partial charge in [-0.3, -0.25) is 9.78 Å². The average Bonchev–Trinajstić information content (AvgIpc) is 3.10. The normalized spacial score (nSPS) is 13.6. The van der Waals surface area contributed by atoms with Gasteiger partial charge in [-0.05, 0) is 62.2 Å². The van der Waals surface area contributed by atoms with Crippen LogP contribution in [0.15, 0.2) is 66.2 Å². The van der Waals surface area contributed by atoms with Crippen molar-refractivity contribution in [2.24, 2.45) is 0 Å². The van der Waals surface area contributed by atoms with E-state index < -0.39 is 5.67 Å². The van der Waals surface area contributed by atoms with Crippen LogP contribution in [0.1, 0.15) is 30.7 Å². The zero-order valence-electron chi connectivity index (χ0n) is 19.3. The van der Waals surface area contributed by atoms with Gasteiger partial charge in [-0.2, -0.15) is 0 Å². The first-order valence-electron chi connectivity index (χ1n) is 11.3. The number of nitrogens with one attached hydrogen (secondary N) is 2. The fraction of sp³-hybridized carbons (Fsp3) is 0.269. The maximum absolute atomic E-state index is 14.6. The third kappa shape index (κ3) is 4.01. The van der Waals surface area contributed by atoms with Crippen LogP contribution in [0.5, 0.6) is 0 Å². The molecule has 0 saturated carbocycles. The fourth-order valence-corrected chi connectivity index (χ4v) is 4.36. The zero-order valence-corrected chi connectivity index (χ0v) is 19.3. The van der Waals surface area contributed by atoms with E-state index in [0.29, 0.717) is 34.6 Å². The standard InChI is InChI=1S/C26H27FN6O/c1-4-11-32-25(34)21-16-30-24(31-19-6-5-17-7-9-28-15-18(17)12-19)14-22(21)33(32)20-8-10-29-23(13-20)26(2,3)27/h4-6,8,10,12-14,16,28H,1,7,9,11,15H2,2-3H3,(H,30,31). The minimum absolute atomic E-state index is 0.188. The Balaban J connectivity index is 1.62. The van der Waals surface area contributed by atoms with E-state index in [9.17, 15) is 9.18 Å². The summed E-state index contributed by atoms with van der Waals surface area (Å²) >= 11 is 0. The number of allylic oxidation sites excluding steroid dienone is 1. The molecule has 0 radical (unpaired) electrons. The highest BCUT2D eigenvalue weighted by molar-refractivity contribution is 5.83. The Kier molecular flexibility index (Phi) is 5.53. The summed E-state index contributed by atoms with van der Waals surface area (Å²) in [6, 6.07) is 11.6. The lowest BCUT2D eigenvalue weighted by Crippen LogP contribution is -2.23. The Morgan fingerprint density at radius 2 is 2.06 bits per heavy atom. The topological polar surface area (TPSA) is 76.8 Å². The third-order valence-electron chi connectivity index (χ3n) is 6.08. The molecule has 174 valence electrons. The lowest BCUT2D eigenvalue weighted by molar-refractivity contribution is 0.214. The molecule has 4 heterocycles.